The van der Waals surface area contributed by atoms with E-state index in [4.69, 9.17) is 16.3 Å². The number of rotatable bonds is 3. The number of anilines is 2. The van der Waals surface area contributed by atoms with E-state index >= 15 is 0 Å². The molecule has 0 radical (unpaired) electrons. The van der Waals surface area contributed by atoms with Crippen molar-refractivity contribution < 1.29 is 13.9 Å². The summed E-state index contributed by atoms with van der Waals surface area (Å²) in [6.45, 7) is 0. The molecule has 0 unspecified atom stereocenters. The topological polar surface area (TPSA) is 50.4 Å². The van der Waals surface area contributed by atoms with Crippen LogP contribution in [0.1, 0.15) is 0 Å². The molecule has 0 heterocycles. The summed E-state index contributed by atoms with van der Waals surface area (Å²) in [5.74, 6) is 0.0127. The first-order valence-corrected chi connectivity index (χ1v) is 6.13. The molecule has 0 aliphatic carbocycles. The lowest BCUT2D eigenvalue weighted by Gasteiger charge is -2.09. The number of methoxy groups -OCH3 is 1. The lowest BCUT2D eigenvalue weighted by Crippen LogP contribution is -2.20. The van der Waals surface area contributed by atoms with Gasteiger partial charge < -0.3 is 15.4 Å². The summed E-state index contributed by atoms with van der Waals surface area (Å²) < 4.78 is 18.6. The Balaban J connectivity index is 2.05. The molecule has 0 aromatic heterocycles. The third kappa shape index (κ3) is 3.61. The number of halogens is 2. The van der Waals surface area contributed by atoms with Crippen molar-refractivity contribution in [3.63, 3.8) is 0 Å². The van der Waals surface area contributed by atoms with Crippen LogP contribution in [0.15, 0.2) is 42.5 Å². The number of hydrogen-bond acceptors (Lipinski definition) is 2. The Labute approximate surface area is 120 Å². The van der Waals surface area contributed by atoms with Crippen LogP contribution >= 0.6 is 11.6 Å². The molecule has 104 valence electrons. The first-order valence-electron chi connectivity index (χ1n) is 5.75. The number of benzene rings is 2. The van der Waals surface area contributed by atoms with Crippen molar-refractivity contribution in [1.82, 2.24) is 0 Å². The summed E-state index contributed by atoms with van der Waals surface area (Å²) >= 11 is 5.63. The van der Waals surface area contributed by atoms with Crippen molar-refractivity contribution in [2.24, 2.45) is 0 Å². The number of carbonyl (C=O) groups is 1. The first-order chi connectivity index (χ1) is 9.58. The minimum atomic E-state index is -0.599. The fourth-order valence-electron chi connectivity index (χ4n) is 1.58. The number of hydrogen-bond donors (Lipinski definition) is 2. The third-order valence-corrected chi connectivity index (χ3v) is 2.74. The fourth-order valence-corrected chi connectivity index (χ4v) is 1.74. The molecule has 0 aliphatic rings. The van der Waals surface area contributed by atoms with E-state index in [0.717, 1.165) is 6.07 Å². The van der Waals surface area contributed by atoms with Gasteiger partial charge in [-0.25, -0.2) is 9.18 Å². The highest BCUT2D eigenvalue weighted by Crippen LogP contribution is 2.20. The minimum absolute atomic E-state index is 0.0507. The van der Waals surface area contributed by atoms with Gasteiger partial charge in [0, 0.05) is 16.8 Å². The van der Waals surface area contributed by atoms with Crippen LogP contribution in [0, 0.1) is 5.82 Å². The molecular weight excluding hydrogens is 283 g/mol. The van der Waals surface area contributed by atoms with Gasteiger partial charge in [-0.15, -0.1) is 0 Å². The average molecular weight is 295 g/mol. The molecule has 0 aliphatic heterocycles. The Morgan fingerprint density at radius 1 is 1.20 bits per heavy atom. The Hall–Kier alpha value is -2.27. The van der Waals surface area contributed by atoms with Gasteiger partial charge in [0.2, 0.25) is 0 Å². The molecular formula is C14H12ClFN2O2. The Morgan fingerprint density at radius 3 is 2.70 bits per heavy atom. The minimum Gasteiger partial charge on any atom is -0.497 e. The molecule has 0 saturated heterocycles. The summed E-state index contributed by atoms with van der Waals surface area (Å²) in [7, 11) is 1.53. The molecule has 2 aromatic rings. The molecule has 6 heteroatoms. The van der Waals surface area contributed by atoms with Crippen LogP contribution in [0.2, 0.25) is 5.02 Å². The van der Waals surface area contributed by atoms with Gasteiger partial charge in [0.05, 0.1) is 12.8 Å². The van der Waals surface area contributed by atoms with Gasteiger partial charge in [-0.1, -0.05) is 17.7 Å². The van der Waals surface area contributed by atoms with Crippen LogP contribution in [0.5, 0.6) is 5.75 Å². The molecule has 4 nitrogen and oxygen atoms in total. The van der Waals surface area contributed by atoms with Gasteiger partial charge in [0.15, 0.2) is 0 Å². The van der Waals surface area contributed by atoms with Gasteiger partial charge in [-0.2, -0.15) is 0 Å². The van der Waals surface area contributed by atoms with Gasteiger partial charge in [-0.05, 0) is 30.3 Å². The fraction of sp³-hybridized carbons (Fsp3) is 0.0714. The van der Waals surface area contributed by atoms with Crippen LogP contribution in [0.3, 0.4) is 0 Å². The van der Waals surface area contributed by atoms with Crippen molar-refractivity contribution >= 4 is 29.0 Å². The second-order valence-corrected chi connectivity index (χ2v) is 4.37. The Morgan fingerprint density at radius 2 is 2.00 bits per heavy atom. The molecule has 0 atom stereocenters. The van der Waals surface area contributed by atoms with Crippen molar-refractivity contribution in [3.05, 3.63) is 53.3 Å². The molecule has 0 bridgehead atoms. The van der Waals surface area contributed by atoms with Gasteiger partial charge >= 0.3 is 6.03 Å². The first kappa shape index (κ1) is 14.1. The van der Waals surface area contributed by atoms with Gasteiger partial charge in [0.1, 0.15) is 11.6 Å². The van der Waals surface area contributed by atoms with Crippen molar-refractivity contribution in [2.45, 2.75) is 0 Å². The molecule has 2 aromatic carbocycles. The maximum absolute atomic E-state index is 13.5. The second-order valence-electron chi connectivity index (χ2n) is 3.94. The summed E-state index contributed by atoms with van der Waals surface area (Å²) in [5.41, 5.74) is 0.589. The molecule has 20 heavy (non-hydrogen) atoms. The van der Waals surface area contributed by atoms with Crippen molar-refractivity contribution in [2.75, 3.05) is 17.7 Å². The van der Waals surface area contributed by atoms with E-state index in [0.29, 0.717) is 11.4 Å². The van der Waals surface area contributed by atoms with Crippen LogP contribution in [-0.4, -0.2) is 13.1 Å². The van der Waals surface area contributed by atoms with Crippen LogP contribution in [-0.2, 0) is 0 Å². The van der Waals surface area contributed by atoms with E-state index < -0.39 is 11.8 Å². The Bertz CT molecular complexity index is 634. The molecule has 2 amide bonds. The molecule has 0 saturated carbocycles. The van der Waals surface area contributed by atoms with E-state index in [-0.39, 0.29) is 10.7 Å². The number of ether oxygens (including phenoxy) is 1. The summed E-state index contributed by atoms with van der Waals surface area (Å²) in [5, 5.41) is 5.24. The predicted molar refractivity (Wildman–Crippen MR) is 77.0 cm³/mol. The number of nitrogens with one attached hydrogen (secondary N) is 2. The van der Waals surface area contributed by atoms with E-state index in [1.54, 1.807) is 24.3 Å². The van der Waals surface area contributed by atoms with Gasteiger partial charge in [-0.3, -0.25) is 0 Å². The van der Waals surface area contributed by atoms with Crippen molar-refractivity contribution in [3.8, 4) is 5.75 Å². The number of carbonyl (C=O) groups excluding carboxylic acids is 1. The summed E-state index contributed by atoms with van der Waals surface area (Å²) in [4.78, 5) is 11.8. The lowest BCUT2D eigenvalue weighted by atomic mass is 10.3. The van der Waals surface area contributed by atoms with Gasteiger partial charge in [0.25, 0.3) is 0 Å². The smallest absolute Gasteiger partial charge is 0.323 e. The highest BCUT2D eigenvalue weighted by Gasteiger charge is 2.08. The molecule has 0 spiro atoms. The standard InChI is InChI=1S/C14H12ClFN2O2/c1-20-11-4-2-3-10(8-11)17-14(19)18-13-6-5-9(15)7-12(13)16/h2-8H,1H3,(H2,17,18,19). The quantitative estimate of drug-likeness (QED) is 0.894. The number of amides is 2. The number of urea groups is 1. The van der Waals surface area contributed by atoms with Crippen LogP contribution < -0.4 is 15.4 Å². The maximum atomic E-state index is 13.5. The SMILES string of the molecule is COc1cccc(NC(=O)Nc2ccc(Cl)cc2F)c1. The van der Waals surface area contributed by atoms with Crippen LogP contribution in [0.4, 0.5) is 20.6 Å². The van der Waals surface area contributed by atoms with Crippen LogP contribution in [0.25, 0.3) is 0 Å². The van der Waals surface area contributed by atoms with E-state index in [1.165, 1.54) is 19.2 Å². The lowest BCUT2D eigenvalue weighted by molar-refractivity contribution is 0.262. The monoisotopic (exact) mass is 294 g/mol. The molecule has 0 fully saturated rings. The average Bonchev–Trinajstić information content (AvgIpc) is 2.42. The second kappa shape index (κ2) is 6.25. The van der Waals surface area contributed by atoms with E-state index in [9.17, 15) is 9.18 Å². The normalized spacial score (nSPS) is 9.95. The zero-order valence-corrected chi connectivity index (χ0v) is 11.4. The Kier molecular flexibility index (Phi) is 4.42. The highest BCUT2D eigenvalue weighted by atomic mass is 35.5. The molecule has 2 N–H and O–H groups in total. The third-order valence-electron chi connectivity index (χ3n) is 2.51. The predicted octanol–water partition coefficient (Wildman–Crippen LogP) is 4.13. The summed E-state index contributed by atoms with van der Waals surface area (Å²) in [6.07, 6.45) is 0. The van der Waals surface area contributed by atoms with Crippen molar-refractivity contribution in [1.29, 1.82) is 0 Å². The maximum Gasteiger partial charge on any atom is 0.323 e. The van der Waals surface area contributed by atoms with E-state index in [1.807, 2.05) is 0 Å². The van der Waals surface area contributed by atoms with E-state index in [2.05, 4.69) is 10.6 Å². The molecule has 2 rings (SSSR count). The zero-order valence-electron chi connectivity index (χ0n) is 10.6. The summed E-state index contributed by atoms with van der Waals surface area (Å²) in [6, 6.07) is 10.3. The largest absolute Gasteiger partial charge is 0.497 e. The highest BCUT2D eigenvalue weighted by molar-refractivity contribution is 6.30. The zero-order chi connectivity index (χ0) is 14.5.